The third kappa shape index (κ3) is 12.5. The van der Waals surface area contributed by atoms with Crippen LogP contribution in [0, 0.1) is 5.92 Å². The normalized spacial score (nSPS) is 14.5. The van der Waals surface area contributed by atoms with Gasteiger partial charge < -0.3 is 15.3 Å². The van der Waals surface area contributed by atoms with E-state index in [0.29, 0.717) is 18.9 Å². The molecule has 0 aromatic carbocycles. The fraction of sp³-hybridized carbons (Fsp3) is 1.00. The molecule has 12 heavy (non-hydrogen) atoms. The van der Waals surface area contributed by atoms with Crippen LogP contribution in [0.3, 0.4) is 0 Å². The molecule has 0 aromatic heterocycles. The van der Waals surface area contributed by atoms with E-state index in [9.17, 15) is 0 Å². The summed E-state index contributed by atoms with van der Waals surface area (Å²) < 4.78 is 0. The summed E-state index contributed by atoms with van der Waals surface area (Å²) in [6.45, 7) is 6.13. The number of aliphatic hydroxyl groups is 3. The third-order valence-corrected chi connectivity index (χ3v) is 1.69. The van der Waals surface area contributed by atoms with E-state index in [1.54, 1.807) is 0 Å². The van der Waals surface area contributed by atoms with Gasteiger partial charge in [-0.15, -0.1) is 0 Å². The van der Waals surface area contributed by atoms with E-state index >= 15 is 0 Å². The summed E-state index contributed by atoms with van der Waals surface area (Å²) in [6.07, 6.45) is 1.21. The van der Waals surface area contributed by atoms with Crippen LogP contribution in [0.15, 0.2) is 0 Å². The summed E-state index contributed by atoms with van der Waals surface area (Å²) >= 11 is 0. The Kier molecular flexibility index (Phi) is 13.1. The highest BCUT2D eigenvalue weighted by atomic mass is 16.3. The topological polar surface area (TPSA) is 60.7 Å². The van der Waals surface area contributed by atoms with Crippen molar-refractivity contribution >= 4 is 0 Å². The number of aliphatic hydroxyl groups excluding tert-OH is 3. The first kappa shape index (κ1) is 14.4. The van der Waals surface area contributed by atoms with Crippen LogP contribution in [0.25, 0.3) is 0 Å². The summed E-state index contributed by atoms with van der Waals surface area (Å²) in [6, 6.07) is 0. The Morgan fingerprint density at radius 1 is 1.00 bits per heavy atom. The van der Waals surface area contributed by atoms with Gasteiger partial charge >= 0.3 is 0 Å². The predicted molar refractivity (Wildman–Crippen MR) is 49.9 cm³/mol. The van der Waals surface area contributed by atoms with Crippen LogP contribution >= 0.6 is 0 Å². The summed E-state index contributed by atoms with van der Waals surface area (Å²) in [7, 11) is 0. The quantitative estimate of drug-likeness (QED) is 0.596. The van der Waals surface area contributed by atoms with Gasteiger partial charge in [0.2, 0.25) is 0 Å². The highest BCUT2D eigenvalue weighted by Crippen LogP contribution is 1.95. The molecule has 0 spiro atoms. The molecule has 0 bridgehead atoms. The van der Waals surface area contributed by atoms with E-state index in [1.165, 1.54) is 0 Å². The van der Waals surface area contributed by atoms with Gasteiger partial charge in [-0.3, -0.25) is 0 Å². The second kappa shape index (κ2) is 10.9. The standard InChI is InChI=1S/C5H12O.C4H10O2/c1-3-5(2)4-6;1-2-4(6)3-5/h5-6H,3-4H2,1-2H3;4-6H,2-3H2,1H3. The average molecular weight is 178 g/mol. The van der Waals surface area contributed by atoms with Crippen LogP contribution in [-0.2, 0) is 0 Å². The van der Waals surface area contributed by atoms with Gasteiger partial charge in [0.15, 0.2) is 0 Å². The van der Waals surface area contributed by atoms with Gasteiger partial charge in [0.1, 0.15) is 0 Å². The Balaban J connectivity index is 0. The molecule has 0 saturated carbocycles. The first-order valence-electron chi connectivity index (χ1n) is 4.52. The van der Waals surface area contributed by atoms with Crippen LogP contribution in [0.2, 0.25) is 0 Å². The fourth-order valence-corrected chi connectivity index (χ4v) is 0.258. The molecular formula is C9H22O3. The van der Waals surface area contributed by atoms with E-state index in [0.717, 1.165) is 6.42 Å². The maximum Gasteiger partial charge on any atom is 0.0768 e. The molecule has 0 radical (unpaired) electrons. The second-order valence-electron chi connectivity index (χ2n) is 2.94. The van der Waals surface area contributed by atoms with Gasteiger partial charge in [-0.05, 0) is 12.3 Å². The SMILES string of the molecule is CCC(C)CO.CCC(O)CO. The van der Waals surface area contributed by atoms with E-state index in [4.69, 9.17) is 15.3 Å². The Morgan fingerprint density at radius 3 is 1.50 bits per heavy atom. The number of rotatable bonds is 4. The van der Waals surface area contributed by atoms with Crippen LogP contribution in [0.5, 0.6) is 0 Å². The molecule has 3 N–H and O–H groups in total. The molecule has 0 aromatic rings. The van der Waals surface area contributed by atoms with Crippen LogP contribution in [0.1, 0.15) is 33.6 Å². The van der Waals surface area contributed by atoms with Gasteiger partial charge in [-0.25, -0.2) is 0 Å². The lowest BCUT2D eigenvalue weighted by Crippen LogP contribution is -2.08. The largest absolute Gasteiger partial charge is 0.396 e. The molecule has 0 aliphatic rings. The van der Waals surface area contributed by atoms with Crippen molar-refractivity contribution in [2.75, 3.05) is 13.2 Å². The van der Waals surface area contributed by atoms with E-state index in [2.05, 4.69) is 6.92 Å². The van der Waals surface area contributed by atoms with Crippen molar-refractivity contribution in [3.63, 3.8) is 0 Å². The molecule has 0 aliphatic heterocycles. The number of hydrogen-bond acceptors (Lipinski definition) is 3. The Hall–Kier alpha value is -0.120. The minimum Gasteiger partial charge on any atom is -0.396 e. The van der Waals surface area contributed by atoms with Crippen LogP contribution in [0.4, 0.5) is 0 Å². The highest BCUT2D eigenvalue weighted by Gasteiger charge is 1.92. The van der Waals surface area contributed by atoms with Crippen molar-refractivity contribution in [1.82, 2.24) is 0 Å². The molecule has 3 nitrogen and oxygen atoms in total. The minimum absolute atomic E-state index is 0.115. The van der Waals surface area contributed by atoms with Crippen molar-refractivity contribution in [2.45, 2.75) is 39.7 Å². The summed E-state index contributed by atoms with van der Waals surface area (Å²) in [5, 5.41) is 24.8. The van der Waals surface area contributed by atoms with E-state index in [1.807, 2.05) is 13.8 Å². The highest BCUT2D eigenvalue weighted by molar-refractivity contribution is 4.43. The van der Waals surface area contributed by atoms with Gasteiger partial charge in [-0.1, -0.05) is 27.2 Å². The predicted octanol–water partition coefficient (Wildman–Crippen LogP) is 0.774. The monoisotopic (exact) mass is 178 g/mol. The van der Waals surface area contributed by atoms with Crippen molar-refractivity contribution in [2.24, 2.45) is 5.92 Å². The van der Waals surface area contributed by atoms with Gasteiger partial charge in [-0.2, -0.15) is 0 Å². The fourth-order valence-electron chi connectivity index (χ4n) is 0.258. The van der Waals surface area contributed by atoms with Gasteiger partial charge in [0, 0.05) is 6.61 Å². The zero-order chi connectivity index (χ0) is 9.98. The summed E-state index contributed by atoms with van der Waals surface area (Å²) in [5.74, 6) is 0.491. The molecule has 0 aliphatic carbocycles. The van der Waals surface area contributed by atoms with Gasteiger partial charge in [0.25, 0.3) is 0 Å². The molecule has 0 saturated heterocycles. The first-order chi connectivity index (χ1) is 5.62. The smallest absolute Gasteiger partial charge is 0.0768 e. The average Bonchev–Trinajstić information content (AvgIpc) is 2.16. The lowest BCUT2D eigenvalue weighted by molar-refractivity contribution is 0.0923. The van der Waals surface area contributed by atoms with Crippen molar-refractivity contribution in [3.05, 3.63) is 0 Å². The molecule has 0 fully saturated rings. The van der Waals surface area contributed by atoms with Gasteiger partial charge in [0.05, 0.1) is 12.7 Å². The molecule has 76 valence electrons. The zero-order valence-corrected chi connectivity index (χ0v) is 8.32. The molecule has 0 rings (SSSR count). The maximum absolute atomic E-state index is 8.42. The Labute approximate surface area is 75.0 Å². The van der Waals surface area contributed by atoms with Crippen molar-refractivity contribution in [3.8, 4) is 0 Å². The summed E-state index contributed by atoms with van der Waals surface area (Å²) in [5.41, 5.74) is 0. The van der Waals surface area contributed by atoms with Crippen LogP contribution < -0.4 is 0 Å². The molecule has 2 atom stereocenters. The number of hydrogen-bond donors (Lipinski definition) is 3. The zero-order valence-electron chi connectivity index (χ0n) is 8.32. The third-order valence-electron chi connectivity index (χ3n) is 1.69. The lowest BCUT2D eigenvalue weighted by Gasteiger charge is -1.98. The maximum atomic E-state index is 8.42. The van der Waals surface area contributed by atoms with E-state index in [-0.39, 0.29) is 6.61 Å². The summed E-state index contributed by atoms with van der Waals surface area (Å²) in [4.78, 5) is 0. The van der Waals surface area contributed by atoms with Crippen LogP contribution in [-0.4, -0.2) is 34.6 Å². The Bertz CT molecular complexity index is 58.2. The minimum atomic E-state index is -0.509. The Morgan fingerprint density at radius 2 is 1.50 bits per heavy atom. The molecule has 3 heteroatoms. The molecular weight excluding hydrogens is 156 g/mol. The molecule has 0 amide bonds. The van der Waals surface area contributed by atoms with E-state index < -0.39 is 6.10 Å². The first-order valence-corrected chi connectivity index (χ1v) is 4.52. The lowest BCUT2D eigenvalue weighted by atomic mass is 10.1. The molecule has 0 heterocycles. The molecule has 2 unspecified atom stereocenters. The van der Waals surface area contributed by atoms with Crippen molar-refractivity contribution < 1.29 is 15.3 Å². The second-order valence-corrected chi connectivity index (χ2v) is 2.94. The van der Waals surface area contributed by atoms with Crippen molar-refractivity contribution in [1.29, 1.82) is 0 Å².